The van der Waals surface area contributed by atoms with E-state index in [1.54, 1.807) is 19.9 Å². The van der Waals surface area contributed by atoms with Crippen LogP contribution in [0.2, 0.25) is 5.02 Å². The molecule has 1 aromatic rings. The van der Waals surface area contributed by atoms with Crippen molar-refractivity contribution in [3.8, 4) is 5.75 Å². The van der Waals surface area contributed by atoms with Crippen LogP contribution >= 0.6 is 11.6 Å². The molecule has 0 unspecified atom stereocenters. The summed E-state index contributed by atoms with van der Waals surface area (Å²) in [4.78, 5) is 23.3. The van der Waals surface area contributed by atoms with E-state index in [0.717, 1.165) is 0 Å². The van der Waals surface area contributed by atoms with Gasteiger partial charge in [-0.3, -0.25) is 4.79 Å². The molecule has 0 atom stereocenters. The zero-order valence-electron chi connectivity index (χ0n) is 10.4. The molecule has 0 N–H and O–H groups in total. The van der Waals surface area contributed by atoms with Gasteiger partial charge in [0, 0.05) is 12.0 Å². The summed E-state index contributed by atoms with van der Waals surface area (Å²) >= 11 is 6.08. The van der Waals surface area contributed by atoms with Crippen molar-refractivity contribution >= 4 is 23.4 Å². The molecule has 1 aliphatic rings. The Morgan fingerprint density at radius 2 is 2.11 bits per heavy atom. The van der Waals surface area contributed by atoms with Crippen LogP contribution in [-0.2, 0) is 16.0 Å². The van der Waals surface area contributed by atoms with Gasteiger partial charge in [-0.25, -0.2) is 4.79 Å². The zero-order valence-corrected chi connectivity index (χ0v) is 11.1. The first-order chi connectivity index (χ1) is 8.35. The minimum Gasteiger partial charge on any atom is -0.478 e. The second-order valence-electron chi connectivity index (χ2n) is 4.65. The topological polar surface area (TPSA) is 52.6 Å². The van der Waals surface area contributed by atoms with Gasteiger partial charge in [-0.1, -0.05) is 11.6 Å². The first-order valence-electron chi connectivity index (χ1n) is 5.48. The molecule has 0 fully saturated rings. The van der Waals surface area contributed by atoms with E-state index < -0.39 is 11.6 Å². The van der Waals surface area contributed by atoms with Crippen molar-refractivity contribution in [2.75, 3.05) is 7.11 Å². The predicted octanol–water partition coefficient (Wildman–Crippen LogP) is 2.41. The molecule has 0 saturated carbocycles. The van der Waals surface area contributed by atoms with E-state index in [1.807, 2.05) is 0 Å². The van der Waals surface area contributed by atoms with Gasteiger partial charge in [0.15, 0.2) is 11.4 Å². The van der Waals surface area contributed by atoms with Crippen molar-refractivity contribution < 1.29 is 19.1 Å². The lowest BCUT2D eigenvalue weighted by atomic mass is 9.92. The van der Waals surface area contributed by atoms with E-state index in [4.69, 9.17) is 16.3 Å². The molecule has 0 saturated heterocycles. The molecule has 96 valence electrons. The van der Waals surface area contributed by atoms with Crippen LogP contribution in [0.15, 0.2) is 12.1 Å². The van der Waals surface area contributed by atoms with E-state index in [1.165, 1.54) is 13.2 Å². The third kappa shape index (κ3) is 2.08. The lowest BCUT2D eigenvalue weighted by molar-refractivity contribution is -0.132. The van der Waals surface area contributed by atoms with E-state index in [-0.39, 0.29) is 12.2 Å². The maximum absolute atomic E-state index is 11.9. The Kier molecular flexibility index (Phi) is 3.07. The highest BCUT2D eigenvalue weighted by Gasteiger charge is 2.36. The highest BCUT2D eigenvalue weighted by molar-refractivity contribution is 6.32. The van der Waals surface area contributed by atoms with Gasteiger partial charge >= 0.3 is 5.97 Å². The molecular formula is C13H13ClO4. The molecule has 1 heterocycles. The molecule has 0 aliphatic carbocycles. The maximum Gasteiger partial charge on any atom is 0.337 e. The van der Waals surface area contributed by atoms with Gasteiger partial charge in [0.25, 0.3) is 0 Å². The normalized spacial score (nSPS) is 16.8. The Bertz CT molecular complexity index is 534. The maximum atomic E-state index is 11.9. The van der Waals surface area contributed by atoms with Gasteiger partial charge in [-0.15, -0.1) is 0 Å². The highest BCUT2D eigenvalue weighted by atomic mass is 35.5. The average Bonchev–Trinajstić information content (AvgIpc) is 2.30. The lowest BCUT2D eigenvalue weighted by Gasteiger charge is -2.31. The van der Waals surface area contributed by atoms with Gasteiger partial charge < -0.3 is 9.47 Å². The second-order valence-corrected chi connectivity index (χ2v) is 5.06. The Labute approximate surface area is 110 Å². The minimum atomic E-state index is -0.885. The van der Waals surface area contributed by atoms with Crippen LogP contribution in [0.3, 0.4) is 0 Å². The molecule has 0 spiro atoms. The molecule has 1 aliphatic heterocycles. The SMILES string of the molecule is COC(=O)c1cc(Cl)c2c(c1)CC(=O)C(C)(C)O2. The van der Waals surface area contributed by atoms with Gasteiger partial charge in [-0.05, 0) is 26.0 Å². The van der Waals surface area contributed by atoms with Crippen LogP contribution in [-0.4, -0.2) is 24.5 Å². The van der Waals surface area contributed by atoms with Crippen molar-refractivity contribution in [2.24, 2.45) is 0 Å². The molecule has 0 aromatic heterocycles. The summed E-state index contributed by atoms with van der Waals surface area (Å²) in [6, 6.07) is 3.07. The van der Waals surface area contributed by atoms with Crippen LogP contribution in [0.5, 0.6) is 5.75 Å². The fraction of sp³-hybridized carbons (Fsp3) is 0.385. The van der Waals surface area contributed by atoms with Crippen LogP contribution < -0.4 is 4.74 Å². The largest absolute Gasteiger partial charge is 0.478 e. The van der Waals surface area contributed by atoms with Gasteiger partial charge in [0.2, 0.25) is 0 Å². The lowest BCUT2D eigenvalue weighted by Crippen LogP contribution is -2.42. The van der Waals surface area contributed by atoms with E-state index in [0.29, 0.717) is 21.9 Å². The number of hydrogen-bond donors (Lipinski definition) is 0. The Morgan fingerprint density at radius 1 is 1.44 bits per heavy atom. The number of halogens is 1. The highest BCUT2D eigenvalue weighted by Crippen LogP contribution is 2.38. The fourth-order valence-corrected chi connectivity index (χ4v) is 2.11. The summed E-state index contributed by atoms with van der Waals surface area (Å²) in [6.07, 6.45) is 0.201. The molecule has 0 amide bonds. The third-order valence-corrected chi connectivity index (χ3v) is 3.20. The van der Waals surface area contributed by atoms with Gasteiger partial charge in [0.05, 0.1) is 17.7 Å². The quantitative estimate of drug-likeness (QED) is 0.734. The smallest absolute Gasteiger partial charge is 0.337 e. The summed E-state index contributed by atoms with van der Waals surface area (Å²) < 4.78 is 10.2. The number of carbonyl (C=O) groups excluding carboxylic acids is 2. The Balaban J connectivity index is 2.50. The fourth-order valence-electron chi connectivity index (χ4n) is 1.83. The standard InChI is InChI=1S/C13H13ClO4/c1-13(2)10(15)6-7-4-8(12(16)17-3)5-9(14)11(7)18-13/h4-5H,6H2,1-3H3. The first kappa shape index (κ1) is 12.9. The number of methoxy groups -OCH3 is 1. The third-order valence-electron chi connectivity index (χ3n) is 2.92. The number of esters is 1. The molecule has 1 aromatic carbocycles. The zero-order chi connectivity index (χ0) is 13.5. The van der Waals surface area contributed by atoms with E-state index >= 15 is 0 Å². The number of ether oxygens (including phenoxy) is 2. The number of fused-ring (bicyclic) bond motifs is 1. The van der Waals surface area contributed by atoms with Crippen molar-refractivity contribution in [3.63, 3.8) is 0 Å². The summed E-state index contributed by atoms with van der Waals surface area (Å²) in [7, 11) is 1.29. The monoisotopic (exact) mass is 268 g/mol. The minimum absolute atomic E-state index is 0.0481. The molecule has 2 rings (SSSR count). The molecule has 5 heteroatoms. The summed E-state index contributed by atoms with van der Waals surface area (Å²) in [6.45, 7) is 3.39. The Hall–Kier alpha value is -1.55. The first-order valence-corrected chi connectivity index (χ1v) is 5.86. The number of rotatable bonds is 1. The second kappa shape index (κ2) is 4.28. The van der Waals surface area contributed by atoms with Crippen molar-refractivity contribution in [3.05, 3.63) is 28.3 Å². The van der Waals surface area contributed by atoms with Crippen LogP contribution in [0.1, 0.15) is 29.8 Å². The molecule has 0 radical (unpaired) electrons. The van der Waals surface area contributed by atoms with Crippen LogP contribution in [0, 0.1) is 0 Å². The Morgan fingerprint density at radius 3 is 2.72 bits per heavy atom. The van der Waals surface area contributed by atoms with Crippen molar-refractivity contribution in [1.82, 2.24) is 0 Å². The molecular weight excluding hydrogens is 256 g/mol. The van der Waals surface area contributed by atoms with Gasteiger partial charge in [-0.2, -0.15) is 0 Å². The van der Waals surface area contributed by atoms with Crippen LogP contribution in [0.4, 0.5) is 0 Å². The number of Topliss-reactive ketones (excluding diaryl/α,β-unsaturated/α-hetero) is 1. The van der Waals surface area contributed by atoms with E-state index in [2.05, 4.69) is 4.74 Å². The average molecular weight is 269 g/mol. The van der Waals surface area contributed by atoms with Crippen LogP contribution in [0.25, 0.3) is 0 Å². The number of benzene rings is 1. The van der Waals surface area contributed by atoms with Crippen molar-refractivity contribution in [1.29, 1.82) is 0 Å². The summed E-state index contributed by atoms with van der Waals surface area (Å²) in [5.74, 6) is -0.0704. The van der Waals surface area contributed by atoms with Crippen molar-refractivity contribution in [2.45, 2.75) is 25.9 Å². The number of hydrogen-bond acceptors (Lipinski definition) is 4. The predicted molar refractivity (Wildman–Crippen MR) is 66.2 cm³/mol. The number of ketones is 1. The molecule has 4 nitrogen and oxygen atoms in total. The summed E-state index contributed by atoms with van der Waals surface area (Å²) in [5.41, 5.74) is 0.0493. The number of carbonyl (C=O) groups is 2. The summed E-state index contributed by atoms with van der Waals surface area (Å²) in [5, 5.41) is 0.313. The van der Waals surface area contributed by atoms with Gasteiger partial charge in [0.1, 0.15) is 5.75 Å². The molecule has 0 bridgehead atoms. The molecule has 18 heavy (non-hydrogen) atoms. The van der Waals surface area contributed by atoms with E-state index in [9.17, 15) is 9.59 Å².